The maximum atomic E-state index is 9.24. The number of hydrogen-bond donors (Lipinski definition) is 2. The molecule has 2 heterocycles. The molecule has 1 aromatic heterocycles. The number of anilines is 2. The average Bonchev–Trinajstić information content (AvgIpc) is 2.47. The second kappa shape index (κ2) is 6.67. The summed E-state index contributed by atoms with van der Waals surface area (Å²) in [6.45, 7) is 5.74. The van der Waals surface area contributed by atoms with Gasteiger partial charge in [0.2, 0.25) is 11.9 Å². The summed E-state index contributed by atoms with van der Waals surface area (Å²) in [7, 11) is 1.52. The maximum Gasteiger partial charge on any atom is 0.322 e. The molecule has 0 bridgehead atoms. The predicted octanol–water partition coefficient (Wildman–Crippen LogP) is -0.102. The van der Waals surface area contributed by atoms with Gasteiger partial charge in [0, 0.05) is 13.1 Å². The van der Waals surface area contributed by atoms with Gasteiger partial charge in [-0.1, -0.05) is 0 Å². The first kappa shape index (κ1) is 14.7. The minimum atomic E-state index is -0.225. The molecule has 0 saturated carbocycles. The number of hydrogen-bond acceptors (Lipinski definition) is 8. The first-order valence-corrected chi connectivity index (χ1v) is 6.71. The minimum absolute atomic E-state index is 0.0223. The average molecular weight is 283 g/mol. The molecule has 0 amide bonds. The largest absolute Gasteiger partial charge is 0.467 e. The molecule has 8 nitrogen and oxygen atoms in total. The summed E-state index contributed by atoms with van der Waals surface area (Å²) in [5.41, 5.74) is 0. The fraction of sp³-hybridized carbons (Fsp3) is 0.750. The molecule has 0 spiro atoms. The zero-order valence-corrected chi connectivity index (χ0v) is 12.0. The van der Waals surface area contributed by atoms with Gasteiger partial charge in [0.15, 0.2) is 0 Å². The SMILES string of the molecule is CCNc1nc(OC)nc(N2CC(CO)OCC2C)n1. The van der Waals surface area contributed by atoms with Crippen LogP contribution in [0.15, 0.2) is 0 Å². The van der Waals surface area contributed by atoms with Gasteiger partial charge in [-0.25, -0.2) is 0 Å². The summed E-state index contributed by atoms with van der Waals surface area (Å²) < 4.78 is 10.6. The first-order chi connectivity index (χ1) is 9.67. The molecule has 20 heavy (non-hydrogen) atoms. The van der Waals surface area contributed by atoms with Gasteiger partial charge >= 0.3 is 6.01 Å². The molecular formula is C12H21N5O3. The molecule has 0 radical (unpaired) electrons. The number of nitrogens with zero attached hydrogens (tertiary/aromatic N) is 4. The van der Waals surface area contributed by atoms with Crippen LogP contribution in [0.1, 0.15) is 13.8 Å². The second-order valence-corrected chi connectivity index (χ2v) is 4.62. The van der Waals surface area contributed by atoms with E-state index in [0.717, 1.165) is 0 Å². The minimum Gasteiger partial charge on any atom is -0.467 e. The first-order valence-electron chi connectivity index (χ1n) is 6.71. The third kappa shape index (κ3) is 3.26. The summed E-state index contributed by atoms with van der Waals surface area (Å²) in [5, 5.41) is 12.3. The van der Waals surface area contributed by atoms with Crippen molar-refractivity contribution in [2.75, 3.05) is 43.6 Å². The van der Waals surface area contributed by atoms with E-state index in [9.17, 15) is 5.11 Å². The van der Waals surface area contributed by atoms with Crippen molar-refractivity contribution in [1.82, 2.24) is 15.0 Å². The van der Waals surface area contributed by atoms with Gasteiger partial charge in [-0.15, -0.1) is 0 Å². The third-order valence-corrected chi connectivity index (χ3v) is 3.09. The van der Waals surface area contributed by atoms with Crippen LogP contribution in [0.5, 0.6) is 6.01 Å². The van der Waals surface area contributed by atoms with Crippen molar-refractivity contribution in [1.29, 1.82) is 0 Å². The Morgan fingerprint density at radius 2 is 2.25 bits per heavy atom. The van der Waals surface area contributed by atoms with Crippen molar-refractivity contribution >= 4 is 11.9 Å². The molecule has 2 atom stereocenters. The fourth-order valence-corrected chi connectivity index (χ4v) is 2.01. The Morgan fingerprint density at radius 1 is 1.45 bits per heavy atom. The molecule has 1 fully saturated rings. The highest BCUT2D eigenvalue weighted by atomic mass is 16.5. The van der Waals surface area contributed by atoms with Crippen LogP contribution >= 0.6 is 0 Å². The summed E-state index contributed by atoms with van der Waals surface area (Å²) in [6.07, 6.45) is -0.225. The van der Waals surface area contributed by atoms with E-state index >= 15 is 0 Å². The summed E-state index contributed by atoms with van der Waals surface area (Å²) in [5.74, 6) is 1.01. The molecule has 1 aliphatic heterocycles. The number of ether oxygens (including phenoxy) is 2. The van der Waals surface area contributed by atoms with Crippen LogP contribution in [0.4, 0.5) is 11.9 Å². The highest BCUT2D eigenvalue weighted by Gasteiger charge is 2.28. The quantitative estimate of drug-likeness (QED) is 0.774. The Morgan fingerprint density at radius 3 is 2.90 bits per heavy atom. The van der Waals surface area contributed by atoms with E-state index in [1.807, 2.05) is 18.7 Å². The smallest absolute Gasteiger partial charge is 0.322 e. The van der Waals surface area contributed by atoms with Crippen molar-refractivity contribution in [2.45, 2.75) is 26.0 Å². The molecule has 0 aliphatic carbocycles. The zero-order chi connectivity index (χ0) is 14.5. The number of rotatable bonds is 5. The van der Waals surface area contributed by atoms with Crippen LogP contribution in [-0.2, 0) is 4.74 Å². The lowest BCUT2D eigenvalue weighted by molar-refractivity contribution is -0.0108. The summed E-state index contributed by atoms with van der Waals surface area (Å²) in [6, 6.07) is 0.393. The van der Waals surface area contributed by atoms with Gasteiger partial charge in [0.1, 0.15) is 0 Å². The lowest BCUT2D eigenvalue weighted by Crippen LogP contribution is -2.50. The molecule has 112 valence electrons. The van der Waals surface area contributed by atoms with Crippen LogP contribution in [0, 0.1) is 0 Å². The van der Waals surface area contributed by atoms with Crippen LogP contribution in [0.2, 0.25) is 0 Å². The van der Waals surface area contributed by atoms with Crippen molar-refractivity contribution < 1.29 is 14.6 Å². The van der Waals surface area contributed by atoms with E-state index < -0.39 is 0 Å². The van der Waals surface area contributed by atoms with E-state index in [-0.39, 0.29) is 24.8 Å². The Hall–Kier alpha value is -1.67. The van der Waals surface area contributed by atoms with E-state index in [0.29, 0.717) is 31.6 Å². The number of aromatic nitrogens is 3. The van der Waals surface area contributed by atoms with Crippen molar-refractivity contribution in [3.63, 3.8) is 0 Å². The lowest BCUT2D eigenvalue weighted by Gasteiger charge is -2.37. The van der Waals surface area contributed by atoms with Crippen molar-refractivity contribution in [3.8, 4) is 6.01 Å². The van der Waals surface area contributed by atoms with E-state index in [4.69, 9.17) is 9.47 Å². The van der Waals surface area contributed by atoms with Gasteiger partial charge < -0.3 is 24.8 Å². The normalized spacial score (nSPS) is 22.7. The van der Waals surface area contributed by atoms with Crippen LogP contribution in [0.25, 0.3) is 0 Å². The van der Waals surface area contributed by atoms with E-state index in [2.05, 4.69) is 20.3 Å². The standard InChI is InChI=1S/C12H21N5O3/c1-4-13-10-14-11(16-12(15-10)19-3)17-5-9(6-18)20-7-8(17)2/h8-9,18H,4-7H2,1-3H3,(H,13,14,15,16). The number of nitrogens with one attached hydrogen (secondary N) is 1. The Labute approximate surface area is 118 Å². The number of morpholine rings is 1. The molecule has 1 aromatic rings. The Kier molecular flexibility index (Phi) is 4.91. The summed E-state index contributed by atoms with van der Waals surface area (Å²) >= 11 is 0. The molecular weight excluding hydrogens is 262 g/mol. The Balaban J connectivity index is 2.26. The molecule has 2 N–H and O–H groups in total. The van der Waals surface area contributed by atoms with Gasteiger partial charge in [-0.2, -0.15) is 15.0 Å². The fourth-order valence-electron chi connectivity index (χ4n) is 2.01. The molecule has 1 saturated heterocycles. The second-order valence-electron chi connectivity index (χ2n) is 4.62. The van der Waals surface area contributed by atoms with Gasteiger partial charge in [0.05, 0.1) is 32.5 Å². The third-order valence-electron chi connectivity index (χ3n) is 3.09. The molecule has 1 aliphatic rings. The zero-order valence-electron chi connectivity index (χ0n) is 12.0. The predicted molar refractivity (Wildman–Crippen MR) is 74.2 cm³/mol. The number of aliphatic hydroxyl groups is 1. The number of methoxy groups -OCH3 is 1. The van der Waals surface area contributed by atoms with Crippen molar-refractivity contribution in [3.05, 3.63) is 0 Å². The molecule has 2 unspecified atom stereocenters. The van der Waals surface area contributed by atoms with Crippen LogP contribution in [-0.4, -0.2) is 65.6 Å². The summed E-state index contributed by atoms with van der Waals surface area (Å²) in [4.78, 5) is 14.8. The van der Waals surface area contributed by atoms with Crippen LogP contribution < -0.4 is 15.0 Å². The van der Waals surface area contributed by atoms with E-state index in [1.165, 1.54) is 7.11 Å². The highest BCUT2D eigenvalue weighted by molar-refractivity contribution is 5.40. The highest BCUT2D eigenvalue weighted by Crippen LogP contribution is 2.21. The topological polar surface area (TPSA) is 92.6 Å². The molecule has 2 rings (SSSR count). The maximum absolute atomic E-state index is 9.24. The van der Waals surface area contributed by atoms with Gasteiger partial charge in [-0.3, -0.25) is 0 Å². The van der Waals surface area contributed by atoms with Gasteiger partial charge in [0.25, 0.3) is 0 Å². The van der Waals surface area contributed by atoms with E-state index in [1.54, 1.807) is 0 Å². The lowest BCUT2D eigenvalue weighted by atomic mass is 10.2. The van der Waals surface area contributed by atoms with Crippen molar-refractivity contribution in [2.24, 2.45) is 0 Å². The molecule has 0 aromatic carbocycles. The number of aliphatic hydroxyl groups excluding tert-OH is 1. The van der Waals surface area contributed by atoms with Gasteiger partial charge in [-0.05, 0) is 13.8 Å². The molecule has 8 heteroatoms. The monoisotopic (exact) mass is 283 g/mol. The van der Waals surface area contributed by atoms with Crippen LogP contribution in [0.3, 0.4) is 0 Å². The Bertz CT molecular complexity index is 445.